The van der Waals surface area contributed by atoms with E-state index in [2.05, 4.69) is 4.98 Å². The Hall–Kier alpha value is -1.94. The number of carbonyl (C=O) groups excluding carboxylic acids is 1. The van der Waals surface area contributed by atoms with Gasteiger partial charge in [-0.15, -0.1) is 0 Å². The van der Waals surface area contributed by atoms with Gasteiger partial charge in [-0.05, 0) is 49.9 Å². The smallest absolute Gasteiger partial charge is 0.254 e. The van der Waals surface area contributed by atoms with E-state index < -0.39 is 0 Å². The van der Waals surface area contributed by atoms with Gasteiger partial charge < -0.3 is 10.0 Å². The molecular weight excluding hydrogens is 264 g/mol. The van der Waals surface area contributed by atoms with Crippen LogP contribution in [0.5, 0.6) is 0 Å². The van der Waals surface area contributed by atoms with Crippen LogP contribution in [-0.2, 0) is 0 Å². The molecule has 2 aromatic rings. The van der Waals surface area contributed by atoms with Crippen molar-refractivity contribution in [3.63, 3.8) is 0 Å². The highest BCUT2D eigenvalue weighted by atomic mass is 16.3. The predicted molar refractivity (Wildman–Crippen MR) is 82.1 cm³/mol. The molecule has 110 valence electrons. The lowest BCUT2D eigenvalue weighted by Crippen LogP contribution is -2.44. The van der Waals surface area contributed by atoms with Crippen LogP contribution in [0.2, 0.25) is 0 Å². The van der Waals surface area contributed by atoms with Gasteiger partial charge in [0.15, 0.2) is 0 Å². The topological polar surface area (TPSA) is 53.4 Å². The monoisotopic (exact) mass is 284 g/mol. The van der Waals surface area contributed by atoms with Crippen LogP contribution in [0.1, 0.15) is 36.0 Å². The predicted octanol–water partition coefficient (Wildman–Crippen LogP) is 2.61. The number of pyridine rings is 1. The van der Waals surface area contributed by atoms with Gasteiger partial charge in [0.05, 0.1) is 5.52 Å². The Balaban J connectivity index is 1.87. The molecular formula is C17H20N2O2. The molecule has 1 unspecified atom stereocenters. The van der Waals surface area contributed by atoms with Crippen molar-refractivity contribution in [2.24, 2.45) is 0 Å². The second kappa shape index (κ2) is 6.22. The Morgan fingerprint density at radius 2 is 2.24 bits per heavy atom. The van der Waals surface area contributed by atoms with Crippen molar-refractivity contribution in [1.29, 1.82) is 0 Å². The number of hydrogen-bond donors (Lipinski definition) is 1. The number of benzene rings is 1. The highest BCUT2D eigenvalue weighted by Gasteiger charge is 2.27. The standard InChI is InChI=1S/C17H20N2O2/c20-11-8-15-5-1-2-10-19(15)17(21)14-6-7-16-13(12-14)4-3-9-18-16/h3-4,6-7,9,12,15,20H,1-2,5,8,10-11H2. The second-order valence-corrected chi connectivity index (χ2v) is 5.57. The van der Waals surface area contributed by atoms with Crippen LogP contribution in [0.15, 0.2) is 36.5 Å². The van der Waals surface area contributed by atoms with Gasteiger partial charge in [0.2, 0.25) is 0 Å². The number of fused-ring (bicyclic) bond motifs is 1. The summed E-state index contributed by atoms with van der Waals surface area (Å²) in [6.45, 7) is 0.921. The van der Waals surface area contributed by atoms with Crippen LogP contribution < -0.4 is 0 Å². The van der Waals surface area contributed by atoms with E-state index in [1.807, 2.05) is 35.2 Å². The molecule has 0 saturated carbocycles. The maximum absolute atomic E-state index is 12.8. The van der Waals surface area contributed by atoms with Crippen molar-refractivity contribution < 1.29 is 9.90 Å². The van der Waals surface area contributed by atoms with Gasteiger partial charge in [0.1, 0.15) is 0 Å². The quantitative estimate of drug-likeness (QED) is 0.942. The van der Waals surface area contributed by atoms with Crippen molar-refractivity contribution in [1.82, 2.24) is 9.88 Å². The van der Waals surface area contributed by atoms with Gasteiger partial charge in [0, 0.05) is 36.3 Å². The number of piperidine rings is 1. The molecule has 1 atom stereocenters. The van der Waals surface area contributed by atoms with Gasteiger partial charge in [0.25, 0.3) is 5.91 Å². The first-order valence-electron chi connectivity index (χ1n) is 7.56. The summed E-state index contributed by atoms with van der Waals surface area (Å²) in [6, 6.07) is 9.68. The minimum Gasteiger partial charge on any atom is -0.396 e. The molecule has 2 heterocycles. The first-order chi connectivity index (χ1) is 10.3. The number of carbonyl (C=O) groups is 1. The molecule has 4 heteroatoms. The van der Waals surface area contributed by atoms with Gasteiger partial charge in [-0.1, -0.05) is 6.07 Å². The van der Waals surface area contributed by atoms with Gasteiger partial charge in [-0.2, -0.15) is 0 Å². The second-order valence-electron chi connectivity index (χ2n) is 5.57. The van der Waals surface area contributed by atoms with Gasteiger partial charge in [-0.3, -0.25) is 9.78 Å². The molecule has 1 fully saturated rings. The summed E-state index contributed by atoms with van der Waals surface area (Å²) < 4.78 is 0. The lowest BCUT2D eigenvalue weighted by atomic mass is 9.98. The zero-order chi connectivity index (χ0) is 14.7. The molecule has 0 bridgehead atoms. The Morgan fingerprint density at radius 1 is 1.33 bits per heavy atom. The minimum absolute atomic E-state index is 0.0684. The summed E-state index contributed by atoms with van der Waals surface area (Å²) >= 11 is 0. The van der Waals surface area contributed by atoms with Gasteiger partial charge in [-0.25, -0.2) is 0 Å². The third kappa shape index (κ3) is 2.90. The highest BCUT2D eigenvalue weighted by molar-refractivity contribution is 5.98. The van der Waals surface area contributed by atoms with E-state index in [1.165, 1.54) is 0 Å². The van der Waals surface area contributed by atoms with E-state index in [4.69, 9.17) is 0 Å². The maximum Gasteiger partial charge on any atom is 0.254 e. The Bertz CT molecular complexity index is 639. The van der Waals surface area contributed by atoms with Crippen molar-refractivity contribution in [2.45, 2.75) is 31.7 Å². The first-order valence-corrected chi connectivity index (χ1v) is 7.56. The van der Waals surface area contributed by atoms with Crippen molar-refractivity contribution in [3.8, 4) is 0 Å². The van der Waals surface area contributed by atoms with Crippen LogP contribution >= 0.6 is 0 Å². The number of amides is 1. The zero-order valence-corrected chi connectivity index (χ0v) is 12.0. The van der Waals surface area contributed by atoms with Crippen molar-refractivity contribution >= 4 is 16.8 Å². The van der Waals surface area contributed by atoms with E-state index in [0.29, 0.717) is 12.0 Å². The average molecular weight is 284 g/mol. The third-order valence-corrected chi connectivity index (χ3v) is 4.20. The number of likely N-dealkylation sites (tertiary alicyclic amines) is 1. The number of hydrogen-bond acceptors (Lipinski definition) is 3. The Labute approximate surface area is 124 Å². The molecule has 3 rings (SSSR count). The highest BCUT2D eigenvalue weighted by Crippen LogP contribution is 2.23. The van der Waals surface area contributed by atoms with E-state index >= 15 is 0 Å². The molecule has 1 aliphatic rings. The first kappa shape index (κ1) is 14.0. The molecule has 1 saturated heterocycles. The molecule has 0 spiro atoms. The summed E-state index contributed by atoms with van der Waals surface area (Å²) in [5.41, 5.74) is 1.61. The molecule has 0 radical (unpaired) electrons. The molecule has 1 aromatic carbocycles. The van der Waals surface area contributed by atoms with E-state index in [-0.39, 0.29) is 18.6 Å². The summed E-state index contributed by atoms with van der Waals surface area (Å²) in [6.07, 6.45) is 5.59. The normalized spacial score (nSPS) is 18.9. The van der Waals surface area contributed by atoms with Crippen LogP contribution in [-0.4, -0.2) is 40.1 Å². The van der Waals surface area contributed by atoms with E-state index in [1.54, 1.807) is 6.20 Å². The molecule has 1 aliphatic heterocycles. The van der Waals surface area contributed by atoms with Crippen LogP contribution in [0, 0.1) is 0 Å². The van der Waals surface area contributed by atoms with Crippen molar-refractivity contribution in [3.05, 3.63) is 42.1 Å². The lowest BCUT2D eigenvalue weighted by Gasteiger charge is -2.35. The fourth-order valence-electron chi connectivity index (χ4n) is 3.09. The minimum atomic E-state index is 0.0684. The molecule has 1 N–H and O–H groups in total. The number of aliphatic hydroxyl groups excluding tert-OH is 1. The maximum atomic E-state index is 12.8. The fraction of sp³-hybridized carbons (Fsp3) is 0.412. The fourth-order valence-corrected chi connectivity index (χ4v) is 3.09. The molecule has 0 aliphatic carbocycles. The summed E-state index contributed by atoms with van der Waals surface area (Å²) in [5.74, 6) is 0.0684. The van der Waals surface area contributed by atoms with Crippen LogP contribution in [0.3, 0.4) is 0 Å². The average Bonchev–Trinajstić information content (AvgIpc) is 2.54. The van der Waals surface area contributed by atoms with Crippen LogP contribution in [0.4, 0.5) is 0 Å². The summed E-state index contributed by atoms with van der Waals surface area (Å²) in [4.78, 5) is 19.0. The Kier molecular flexibility index (Phi) is 4.15. The largest absolute Gasteiger partial charge is 0.396 e. The van der Waals surface area contributed by atoms with Gasteiger partial charge >= 0.3 is 0 Å². The molecule has 1 aromatic heterocycles. The molecule has 4 nitrogen and oxygen atoms in total. The van der Waals surface area contributed by atoms with Crippen LogP contribution in [0.25, 0.3) is 10.9 Å². The summed E-state index contributed by atoms with van der Waals surface area (Å²) in [5, 5.41) is 10.2. The third-order valence-electron chi connectivity index (χ3n) is 4.20. The van der Waals surface area contributed by atoms with Crippen molar-refractivity contribution in [2.75, 3.05) is 13.2 Å². The van der Waals surface area contributed by atoms with E-state index in [0.717, 1.165) is 36.7 Å². The number of rotatable bonds is 3. The zero-order valence-electron chi connectivity index (χ0n) is 12.0. The Morgan fingerprint density at radius 3 is 3.10 bits per heavy atom. The SMILES string of the molecule is O=C(c1ccc2ncccc2c1)N1CCCCC1CCO. The number of nitrogens with zero attached hydrogens (tertiary/aromatic N) is 2. The van der Waals surface area contributed by atoms with E-state index in [9.17, 15) is 9.90 Å². The summed E-state index contributed by atoms with van der Waals surface area (Å²) in [7, 11) is 0. The molecule has 21 heavy (non-hydrogen) atoms. The molecule has 1 amide bonds. The number of aliphatic hydroxyl groups is 1. The lowest BCUT2D eigenvalue weighted by molar-refractivity contribution is 0.0575. The number of aromatic nitrogens is 1.